The fourth-order valence-electron chi connectivity index (χ4n) is 5.10. The number of hydrogen-bond donors (Lipinski definition) is 2. The summed E-state index contributed by atoms with van der Waals surface area (Å²) in [5.74, 6) is -0.0560. The molecule has 4 rings (SSSR count). The minimum atomic E-state index is -3.31. The fraction of sp³-hybridized carbons (Fsp3) is 0.696. The number of hydrogen-bond acceptors (Lipinski definition) is 7. The average molecular weight is 493 g/mol. The number of methoxy groups -OCH3 is 1. The molecular weight excluding hydrogens is 457 g/mol. The first-order valence-corrected chi connectivity index (χ1v) is 13.5. The predicted octanol–water partition coefficient (Wildman–Crippen LogP) is 1.28. The molecule has 3 heterocycles. The highest BCUT2D eigenvalue weighted by Crippen LogP contribution is 2.43. The normalized spacial score (nSPS) is 24.7. The second-order valence-corrected chi connectivity index (χ2v) is 12.6. The molecule has 0 aliphatic carbocycles. The zero-order valence-corrected chi connectivity index (χ0v) is 21.5. The molecule has 34 heavy (non-hydrogen) atoms. The lowest BCUT2D eigenvalue weighted by molar-refractivity contribution is 0.00578. The number of amides is 1. The number of benzene rings is 1. The van der Waals surface area contributed by atoms with Crippen LogP contribution in [0.15, 0.2) is 12.1 Å². The van der Waals surface area contributed by atoms with Crippen LogP contribution in [-0.4, -0.2) is 76.1 Å². The molecule has 188 valence electrons. The Bertz CT molecular complexity index is 1040. The fourth-order valence-corrected chi connectivity index (χ4v) is 6.51. The Balaban J connectivity index is 1.57. The van der Waals surface area contributed by atoms with E-state index in [1.807, 2.05) is 27.7 Å². The van der Waals surface area contributed by atoms with E-state index in [1.54, 1.807) is 10.4 Å². The van der Waals surface area contributed by atoms with Crippen LogP contribution in [0.25, 0.3) is 0 Å². The second-order valence-electron chi connectivity index (χ2n) is 10.5. The zero-order chi connectivity index (χ0) is 24.9. The zero-order valence-electron chi connectivity index (χ0n) is 20.7. The Hall–Kier alpha value is -1.66. The number of fused-ring (bicyclic) bond motifs is 1. The van der Waals surface area contributed by atoms with Crippen molar-refractivity contribution in [2.45, 2.75) is 57.7 Å². The van der Waals surface area contributed by atoms with Crippen LogP contribution in [0.4, 0.5) is 5.69 Å². The lowest BCUT2D eigenvalue weighted by Gasteiger charge is -2.34. The van der Waals surface area contributed by atoms with Crippen molar-refractivity contribution in [1.29, 1.82) is 0 Å². The van der Waals surface area contributed by atoms with Crippen molar-refractivity contribution in [3.63, 3.8) is 0 Å². The molecule has 0 radical (unpaired) electrons. The number of piperidine rings is 1. The number of nitrogens with two attached hydrogens (primary N) is 1. The molecule has 0 spiro atoms. The van der Waals surface area contributed by atoms with Crippen LogP contribution < -0.4 is 16.5 Å². The van der Waals surface area contributed by atoms with E-state index < -0.39 is 34.3 Å². The van der Waals surface area contributed by atoms with Gasteiger partial charge in [0.05, 0.1) is 34.8 Å². The third-order valence-corrected chi connectivity index (χ3v) is 9.72. The standard InChI is InChI=1S/C23H36BN3O6S/c1-22(2)23(3,4)33-24(32-22)16-12-17-19(14-26-20(17)18(13-16)21(25)28)15-6-8-27(9-7-15)34(29,30)11-10-31-5/h12-13,15,19,26H,6-11,14H2,1-5H3,(H2,25,28). The summed E-state index contributed by atoms with van der Waals surface area (Å²) in [6.45, 7) is 9.83. The van der Waals surface area contributed by atoms with Gasteiger partial charge in [-0.05, 0) is 63.5 Å². The van der Waals surface area contributed by atoms with Crippen molar-refractivity contribution in [3.05, 3.63) is 23.3 Å². The smallest absolute Gasteiger partial charge is 0.399 e. The van der Waals surface area contributed by atoms with Gasteiger partial charge in [0.1, 0.15) is 0 Å². The van der Waals surface area contributed by atoms with E-state index in [0.717, 1.165) is 29.6 Å². The van der Waals surface area contributed by atoms with E-state index >= 15 is 0 Å². The number of nitrogens with one attached hydrogen (secondary N) is 1. The maximum Gasteiger partial charge on any atom is 0.494 e. The topological polar surface area (TPSA) is 120 Å². The number of nitrogens with zero attached hydrogens (tertiary/aromatic N) is 1. The van der Waals surface area contributed by atoms with Crippen LogP contribution in [-0.2, 0) is 24.1 Å². The Labute approximate surface area is 202 Å². The quantitative estimate of drug-likeness (QED) is 0.549. The van der Waals surface area contributed by atoms with Crippen molar-refractivity contribution in [2.75, 3.05) is 44.4 Å². The van der Waals surface area contributed by atoms with Gasteiger partial charge in [0.2, 0.25) is 10.0 Å². The van der Waals surface area contributed by atoms with Crippen LogP contribution in [0.3, 0.4) is 0 Å². The molecule has 0 aromatic heterocycles. The molecule has 2 saturated heterocycles. The number of carbonyl (C=O) groups is 1. The molecule has 9 nitrogen and oxygen atoms in total. The molecule has 2 fully saturated rings. The summed E-state index contributed by atoms with van der Waals surface area (Å²) in [5.41, 5.74) is 7.76. The van der Waals surface area contributed by atoms with E-state index in [-0.39, 0.29) is 24.2 Å². The van der Waals surface area contributed by atoms with Gasteiger partial charge in [0.15, 0.2) is 0 Å². The number of ether oxygens (including phenoxy) is 1. The monoisotopic (exact) mass is 493 g/mol. The van der Waals surface area contributed by atoms with E-state index in [9.17, 15) is 13.2 Å². The van der Waals surface area contributed by atoms with Gasteiger partial charge in [0.25, 0.3) is 5.91 Å². The summed E-state index contributed by atoms with van der Waals surface area (Å²) < 4.78 is 44.1. The average Bonchev–Trinajstić information content (AvgIpc) is 3.29. The first kappa shape index (κ1) is 25.4. The van der Waals surface area contributed by atoms with Crippen LogP contribution in [0.5, 0.6) is 0 Å². The number of sulfonamides is 1. The highest BCUT2D eigenvalue weighted by molar-refractivity contribution is 7.89. The molecule has 0 bridgehead atoms. The molecule has 1 aromatic carbocycles. The third-order valence-electron chi connectivity index (χ3n) is 7.89. The van der Waals surface area contributed by atoms with Gasteiger partial charge < -0.3 is 25.1 Å². The maximum absolute atomic E-state index is 12.5. The Morgan fingerprint density at radius 2 is 1.82 bits per heavy atom. The number of carbonyl (C=O) groups excluding carboxylic acids is 1. The Morgan fingerprint density at radius 3 is 2.38 bits per heavy atom. The SMILES string of the molecule is COCCS(=O)(=O)N1CCC(C2CNc3c(C(N)=O)cc(B4OC(C)(C)C(C)(C)O4)cc32)CC1. The highest BCUT2D eigenvalue weighted by Gasteiger charge is 2.52. The van der Waals surface area contributed by atoms with Crippen LogP contribution >= 0.6 is 0 Å². The summed E-state index contributed by atoms with van der Waals surface area (Å²) in [7, 11) is -2.40. The van der Waals surface area contributed by atoms with Gasteiger partial charge in [-0.3, -0.25) is 4.79 Å². The van der Waals surface area contributed by atoms with E-state index in [0.29, 0.717) is 25.2 Å². The van der Waals surface area contributed by atoms with Crippen molar-refractivity contribution >= 4 is 34.2 Å². The lowest BCUT2D eigenvalue weighted by Crippen LogP contribution is -2.41. The summed E-state index contributed by atoms with van der Waals surface area (Å²) in [6.07, 6.45) is 1.51. The molecule has 1 unspecified atom stereocenters. The molecular formula is C23H36BN3O6S. The Morgan fingerprint density at radius 1 is 1.21 bits per heavy atom. The van der Waals surface area contributed by atoms with Gasteiger partial charge in [-0.2, -0.15) is 0 Å². The van der Waals surface area contributed by atoms with E-state index in [1.165, 1.54) is 7.11 Å². The van der Waals surface area contributed by atoms with Gasteiger partial charge in [-0.25, -0.2) is 12.7 Å². The summed E-state index contributed by atoms with van der Waals surface area (Å²) in [4.78, 5) is 12.3. The molecule has 3 aliphatic heterocycles. The van der Waals surface area contributed by atoms with E-state index in [4.69, 9.17) is 19.8 Å². The second kappa shape index (κ2) is 9.09. The highest BCUT2D eigenvalue weighted by atomic mass is 32.2. The van der Waals surface area contributed by atoms with Crippen LogP contribution in [0.1, 0.15) is 62.4 Å². The van der Waals surface area contributed by atoms with Crippen molar-refractivity contribution in [1.82, 2.24) is 4.31 Å². The number of primary amides is 1. The minimum absolute atomic E-state index is 0.00139. The minimum Gasteiger partial charge on any atom is -0.399 e. The van der Waals surface area contributed by atoms with Crippen molar-refractivity contribution in [2.24, 2.45) is 11.7 Å². The predicted molar refractivity (Wildman–Crippen MR) is 132 cm³/mol. The van der Waals surface area contributed by atoms with Gasteiger partial charge >= 0.3 is 7.12 Å². The summed E-state index contributed by atoms with van der Waals surface area (Å²) >= 11 is 0. The molecule has 3 N–H and O–H groups in total. The van der Waals surface area contributed by atoms with Crippen molar-refractivity contribution < 1.29 is 27.3 Å². The van der Waals surface area contributed by atoms with E-state index in [2.05, 4.69) is 11.4 Å². The molecule has 1 atom stereocenters. The third kappa shape index (κ3) is 4.60. The van der Waals surface area contributed by atoms with Crippen LogP contribution in [0, 0.1) is 5.92 Å². The summed E-state index contributed by atoms with van der Waals surface area (Å²) in [5, 5.41) is 3.39. The first-order chi connectivity index (χ1) is 15.9. The number of rotatable bonds is 7. The van der Waals surface area contributed by atoms with Gasteiger partial charge in [-0.15, -0.1) is 0 Å². The van der Waals surface area contributed by atoms with Gasteiger partial charge in [0, 0.05) is 32.7 Å². The first-order valence-electron chi connectivity index (χ1n) is 11.9. The molecule has 0 saturated carbocycles. The molecule has 1 aromatic rings. The lowest BCUT2D eigenvalue weighted by atomic mass is 9.74. The summed E-state index contributed by atoms with van der Waals surface area (Å²) in [6, 6.07) is 3.83. The molecule has 3 aliphatic rings. The Kier molecular flexibility index (Phi) is 6.80. The largest absolute Gasteiger partial charge is 0.494 e. The maximum atomic E-state index is 12.5. The molecule has 11 heteroatoms. The molecule has 1 amide bonds. The van der Waals surface area contributed by atoms with Crippen molar-refractivity contribution in [3.8, 4) is 0 Å². The van der Waals surface area contributed by atoms with Crippen LogP contribution in [0.2, 0.25) is 0 Å². The van der Waals surface area contributed by atoms with Gasteiger partial charge in [-0.1, -0.05) is 6.07 Å². The number of anilines is 1.